The van der Waals surface area contributed by atoms with Crippen molar-refractivity contribution in [2.24, 2.45) is 0 Å². The van der Waals surface area contributed by atoms with E-state index < -0.39 is 0 Å². The van der Waals surface area contributed by atoms with Crippen LogP contribution in [-0.2, 0) is 0 Å². The standard InChI is InChI=1S/C13H20N2S/c1-2-14-11-6-5-7-12(10-11)16-13-8-3-4-9-15-13/h3-4,8-9,11-12,14H,2,5-7,10H2,1H3. The summed E-state index contributed by atoms with van der Waals surface area (Å²) in [5.41, 5.74) is 0. The molecule has 1 N–H and O–H groups in total. The highest BCUT2D eigenvalue weighted by Crippen LogP contribution is 2.32. The van der Waals surface area contributed by atoms with Crippen molar-refractivity contribution in [2.75, 3.05) is 6.54 Å². The second-order valence-electron chi connectivity index (χ2n) is 4.33. The van der Waals surface area contributed by atoms with E-state index in [4.69, 9.17) is 0 Å². The van der Waals surface area contributed by atoms with Gasteiger partial charge < -0.3 is 5.32 Å². The predicted molar refractivity (Wildman–Crippen MR) is 69.8 cm³/mol. The van der Waals surface area contributed by atoms with Crippen LogP contribution in [0.25, 0.3) is 0 Å². The zero-order valence-corrected chi connectivity index (χ0v) is 10.7. The molecule has 2 rings (SSSR count). The van der Waals surface area contributed by atoms with Gasteiger partial charge in [-0.1, -0.05) is 19.4 Å². The summed E-state index contributed by atoms with van der Waals surface area (Å²) in [5.74, 6) is 0. The summed E-state index contributed by atoms with van der Waals surface area (Å²) in [5, 5.41) is 5.48. The van der Waals surface area contributed by atoms with Gasteiger partial charge in [-0.15, -0.1) is 11.8 Å². The summed E-state index contributed by atoms with van der Waals surface area (Å²) >= 11 is 1.94. The first-order chi connectivity index (χ1) is 7.88. The second kappa shape index (κ2) is 6.26. The molecule has 0 aromatic carbocycles. The largest absolute Gasteiger partial charge is 0.314 e. The Hall–Kier alpha value is -0.540. The van der Waals surface area contributed by atoms with E-state index in [1.807, 2.05) is 24.0 Å². The predicted octanol–water partition coefficient (Wildman–Crippen LogP) is 3.09. The van der Waals surface area contributed by atoms with E-state index in [-0.39, 0.29) is 0 Å². The van der Waals surface area contributed by atoms with Crippen LogP contribution in [0.1, 0.15) is 32.6 Å². The van der Waals surface area contributed by atoms with E-state index in [1.165, 1.54) is 30.7 Å². The van der Waals surface area contributed by atoms with Gasteiger partial charge in [0.1, 0.15) is 0 Å². The number of thioether (sulfide) groups is 1. The van der Waals surface area contributed by atoms with Gasteiger partial charge in [0.15, 0.2) is 0 Å². The zero-order valence-electron chi connectivity index (χ0n) is 9.86. The smallest absolute Gasteiger partial charge is 0.0962 e. The van der Waals surface area contributed by atoms with Gasteiger partial charge in [0, 0.05) is 17.5 Å². The van der Waals surface area contributed by atoms with Gasteiger partial charge in [-0.05, 0) is 37.9 Å². The molecule has 3 heteroatoms. The third kappa shape index (κ3) is 3.49. The molecule has 2 nitrogen and oxygen atoms in total. The number of nitrogens with one attached hydrogen (secondary N) is 1. The van der Waals surface area contributed by atoms with Crippen molar-refractivity contribution in [3.63, 3.8) is 0 Å². The molecule has 1 aliphatic rings. The minimum atomic E-state index is 0.722. The van der Waals surface area contributed by atoms with Gasteiger partial charge >= 0.3 is 0 Å². The highest BCUT2D eigenvalue weighted by atomic mass is 32.2. The highest BCUT2D eigenvalue weighted by Gasteiger charge is 2.22. The van der Waals surface area contributed by atoms with Gasteiger partial charge in [0.05, 0.1) is 5.03 Å². The van der Waals surface area contributed by atoms with Crippen molar-refractivity contribution < 1.29 is 0 Å². The zero-order chi connectivity index (χ0) is 11.2. The Labute approximate surface area is 102 Å². The fraction of sp³-hybridized carbons (Fsp3) is 0.615. The third-order valence-corrected chi connectivity index (χ3v) is 4.29. The maximum atomic E-state index is 4.39. The van der Waals surface area contributed by atoms with Crippen LogP contribution in [-0.4, -0.2) is 22.8 Å². The average molecular weight is 236 g/mol. The number of nitrogens with zero attached hydrogens (tertiary/aromatic N) is 1. The Morgan fingerprint density at radius 1 is 1.44 bits per heavy atom. The van der Waals surface area contributed by atoms with Gasteiger partial charge in [-0.2, -0.15) is 0 Å². The Balaban J connectivity index is 1.85. The van der Waals surface area contributed by atoms with E-state index in [9.17, 15) is 0 Å². The molecule has 1 saturated carbocycles. The van der Waals surface area contributed by atoms with Crippen LogP contribution in [0, 0.1) is 0 Å². The molecule has 0 spiro atoms. The molecule has 1 aliphatic carbocycles. The monoisotopic (exact) mass is 236 g/mol. The first-order valence-electron chi connectivity index (χ1n) is 6.19. The molecular weight excluding hydrogens is 216 g/mol. The summed E-state index contributed by atoms with van der Waals surface area (Å²) in [7, 11) is 0. The topological polar surface area (TPSA) is 24.9 Å². The molecule has 1 fully saturated rings. The van der Waals surface area contributed by atoms with Crippen LogP contribution >= 0.6 is 11.8 Å². The van der Waals surface area contributed by atoms with Crippen LogP contribution in [0.3, 0.4) is 0 Å². The maximum absolute atomic E-state index is 4.39. The Morgan fingerprint density at radius 2 is 2.38 bits per heavy atom. The minimum absolute atomic E-state index is 0.722. The molecular formula is C13H20N2S. The Bertz CT molecular complexity index is 300. The van der Waals surface area contributed by atoms with Crippen molar-refractivity contribution in [1.82, 2.24) is 10.3 Å². The van der Waals surface area contributed by atoms with Crippen molar-refractivity contribution >= 4 is 11.8 Å². The average Bonchev–Trinajstić information content (AvgIpc) is 2.31. The van der Waals surface area contributed by atoms with Crippen LogP contribution in [0.15, 0.2) is 29.4 Å². The lowest BCUT2D eigenvalue weighted by Gasteiger charge is -2.28. The van der Waals surface area contributed by atoms with Crippen molar-refractivity contribution in [3.8, 4) is 0 Å². The first kappa shape index (κ1) is 11.9. The van der Waals surface area contributed by atoms with E-state index in [2.05, 4.69) is 29.4 Å². The lowest BCUT2D eigenvalue weighted by atomic mass is 9.95. The normalized spacial score (nSPS) is 25.6. The molecule has 0 bridgehead atoms. The first-order valence-corrected chi connectivity index (χ1v) is 7.07. The number of hydrogen-bond acceptors (Lipinski definition) is 3. The molecule has 1 aromatic heterocycles. The fourth-order valence-electron chi connectivity index (χ4n) is 2.31. The molecule has 16 heavy (non-hydrogen) atoms. The number of aromatic nitrogens is 1. The Kier molecular flexibility index (Phi) is 4.67. The fourth-order valence-corrected chi connectivity index (χ4v) is 3.55. The quantitative estimate of drug-likeness (QED) is 0.869. The van der Waals surface area contributed by atoms with E-state index in [0.717, 1.165) is 17.8 Å². The van der Waals surface area contributed by atoms with Gasteiger partial charge in [0.2, 0.25) is 0 Å². The summed E-state index contributed by atoms with van der Waals surface area (Å²) in [4.78, 5) is 4.39. The molecule has 88 valence electrons. The van der Waals surface area contributed by atoms with Crippen molar-refractivity contribution in [2.45, 2.75) is 48.9 Å². The van der Waals surface area contributed by atoms with Crippen LogP contribution in [0.5, 0.6) is 0 Å². The molecule has 0 saturated heterocycles. The molecule has 0 aliphatic heterocycles. The van der Waals surface area contributed by atoms with Crippen molar-refractivity contribution in [3.05, 3.63) is 24.4 Å². The lowest BCUT2D eigenvalue weighted by Crippen LogP contribution is -2.34. The maximum Gasteiger partial charge on any atom is 0.0962 e. The summed E-state index contributed by atoms with van der Waals surface area (Å²) in [6, 6.07) is 6.88. The van der Waals surface area contributed by atoms with E-state index in [1.54, 1.807) is 0 Å². The summed E-state index contributed by atoms with van der Waals surface area (Å²) in [6.45, 7) is 3.28. The molecule has 1 heterocycles. The third-order valence-electron chi connectivity index (χ3n) is 3.04. The van der Waals surface area contributed by atoms with Gasteiger partial charge in [-0.25, -0.2) is 4.98 Å². The van der Waals surface area contributed by atoms with Crippen LogP contribution in [0.4, 0.5) is 0 Å². The SMILES string of the molecule is CCNC1CCCC(Sc2ccccn2)C1. The summed E-state index contributed by atoms with van der Waals surface area (Å²) in [6.07, 6.45) is 7.19. The van der Waals surface area contributed by atoms with Crippen LogP contribution < -0.4 is 5.32 Å². The molecule has 0 radical (unpaired) electrons. The molecule has 1 aromatic rings. The molecule has 0 amide bonds. The lowest BCUT2D eigenvalue weighted by molar-refractivity contribution is 0.387. The number of pyridine rings is 1. The van der Waals surface area contributed by atoms with Gasteiger partial charge in [-0.3, -0.25) is 0 Å². The van der Waals surface area contributed by atoms with Crippen LogP contribution in [0.2, 0.25) is 0 Å². The number of hydrogen-bond donors (Lipinski definition) is 1. The molecule has 2 unspecified atom stereocenters. The van der Waals surface area contributed by atoms with E-state index >= 15 is 0 Å². The summed E-state index contributed by atoms with van der Waals surface area (Å²) < 4.78 is 0. The molecule has 2 atom stereocenters. The number of rotatable bonds is 4. The van der Waals surface area contributed by atoms with E-state index in [0.29, 0.717) is 0 Å². The van der Waals surface area contributed by atoms with Crippen molar-refractivity contribution in [1.29, 1.82) is 0 Å². The minimum Gasteiger partial charge on any atom is -0.314 e. The highest BCUT2D eigenvalue weighted by molar-refractivity contribution is 7.99. The van der Waals surface area contributed by atoms with Gasteiger partial charge in [0.25, 0.3) is 0 Å². The Morgan fingerprint density at radius 3 is 3.12 bits per heavy atom. The second-order valence-corrected chi connectivity index (χ2v) is 5.65.